The molecule has 0 N–H and O–H groups in total. The molecule has 0 bridgehead atoms. The van der Waals surface area contributed by atoms with Crippen molar-refractivity contribution in [2.24, 2.45) is 0 Å². The lowest BCUT2D eigenvalue weighted by molar-refractivity contribution is 0.101. The van der Waals surface area contributed by atoms with Crippen molar-refractivity contribution < 1.29 is 13.4 Å². The fraction of sp³-hybridized carbons (Fsp3) is 0.0714. The molecule has 0 aliphatic rings. The van der Waals surface area contributed by atoms with E-state index in [1.165, 1.54) is 18.2 Å². The zero-order valence-electron chi connectivity index (χ0n) is 9.81. The number of halogens is 2. The van der Waals surface area contributed by atoms with Gasteiger partial charge in [0.2, 0.25) is 0 Å². The summed E-state index contributed by atoms with van der Waals surface area (Å²) in [6.07, 6.45) is 0. The number of hydrogen-bond acceptors (Lipinski definition) is 2. The van der Waals surface area contributed by atoms with Crippen molar-refractivity contribution in [2.45, 2.75) is 4.90 Å². The first-order valence-corrected chi connectivity index (χ1v) is 7.61. The second kappa shape index (κ2) is 6.21. The molecule has 0 radical (unpaired) electrons. The molecule has 0 spiro atoms. The minimum atomic E-state index is -1.47. The largest absolute Gasteiger partial charge is 0.293 e. The number of Topliss-reactive ketones (excluding diaryl/α,β-unsaturated/α-hetero) is 1. The van der Waals surface area contributed by atoms with E-state index in [9.17, 15) is 13.4 Å². The van der Waals surface area contributed by atoms with Gasteiger partial charge in [0.25, 0.3) is 0 Å². The van der Waals surface area contributed by atoms with Crippen LogP contribution in [0.25, 0.3) is 0 Å². The van der Waals surface area contributed by atoms with Crippen LogP contribution in [-0.4, -0.2) is 15.7 Å². The van der Waals surface area contributed by atoms with Gasteiger partial charge in [-0.15, -0.1) is 0 Å². The molecule has 2 nitrogen and oxygen atoms in total. The Labute approximate surface area is 121 Å². The number of carbonyl (C=O) groups is 1. The summed E-state index contributed by atoms with van der Waals surface area (Å²) in [5.41, 5.74) is -0.0204. The molecule has 2 aromatic rings. The summed E-state index contributed by atoms with van der Waals surface area (Å²) in [6.45, 7) is 0. The van der Waals surface area contributed by atoms with Gasteiger partial charge in [-0.1, -0.05) is 28.1 Å². The van der Waals surface area contributed by atoms with E-state index < -0.39 is 22.4 Å². The Bertz CT molecular complexity index is 626. The van der Waals surface area contributed by atoms with Crippen molar-refractivity contribution in [1.82, 2.24) is 0 Å². The van der Waals surface area contributed by atoms with Gasteiger partial charge in [-0.2, -0.15) is 0 Å². The Morgan fingerprint density at radius 3 is 2.37 bits per heavy atom. The van der Waals surface area contributed by atoms with Gasteiger partial charge in [0.1, 0.15) is 5.82 Å². The van der Waals surface area contributed by atoms with Gasteiger partial charge in [0.15, 0.2) is 5.78 Å². The molecule has 0 aliphatic carbocycles. The van der Waals surface area contributed by atoms with E-state index in [0.29, 0.717) is 4.90 Å². The van der Waals surface area contributed by atoms with Crippen LogP contribution in [0, 0.1) is 5.82 Å². The molecule has 0 amide bonds. The molecule has 2 rings (SSSR count). The van der Waals surface area contributed by atoms with Gasteiger partial charge in [-0.3, -0.25) is 9.00 Å². The lowest BCUT2D eigenvalue weighted by Gasteiger charge is -2.03. The second-order valence-electron chi connectivity index (χ2n) is 3.85. The number of hydrogen-bond donors (Lipinski definition) is 0. The number of ketones is 1. The maximum atomic E-state index is 13.4. The third kappa shape index (κ3) is 3.58. The molecule has 2 aromatic carbocycles. The van der Waals surface area contributed by atoms with Crippen LogP contribution in [0.5, 0.6) is 0 Å². The molecule has 0 heterocycles. The number of rotatable bonds is 4. The molecule has 19 heavy (non-hydrogen) atoms. The lowest BCUT2D eigenvalue weighted by atomic mass is 10.1. The summed E-state index contributed by atoms with van der Waals surface area (Å²) in [5, 5.41) is 0. The van der Waals surface area contributed by atoms with Crippen LogP contribution in [0.1, 0.15) is 10.4 Å². The van der Waals surface area contributed by atoms with Crippen LogP contribution in [0.15, 0.2) is 57.9 Å². The van der Waals surface area contributed by atoms with Crippen LogP contribution < -0.4 is 0 Å². The fourth-order valence-electron chi connectivity index (χ4n) is 1.55. The Hall–Kier alpha value is -1.33. The van der Waals surface area contributed by atoms with Gasteiger partial charge in [0, 0.05) is 9.37 Å². The maximum absolute atomic E-state index is 13.4. The van der Waals surface area contributed by atoms with E-state index in [4.69, 9.17) is 0 Å². The first-order valence-electron chi connectivity index (χ1n) is 5.49. The molecule has 0 aliphatic heterocycles. The Kier molecular flexibility index (Phi) is 4.61. The zero-order valence-corrected chi connectivity index (χ0v) is 12.2. The maximum Gasteiger partial charge on any atom is 0.178 e. The topological polar surface area (TPSA) is 34.1 Å². The predicted octanol–water partition coefficient (Wildman–Crippen LogP) is 3.58. The Balaban J connectivity index is 2.13. The summed E-state index contributed by atoms with van der Waals surface area (Å²) in [4.78, 5) is 12.4. The van der Waals surface area contributed by atoms with Crippen LogP contribution in [0.2, 0.25) is 0 Å². The SMILES string of the molecule is O=C(CS(=O)c1ccc(Br)cc1)c1ccccc1F. The van der Waals surface area contributed by atoms with Crippen molar-refractivity contribution in [1.29, 1.82) is 0 Å². The van der Waals surface area contributed by atoms with Gasteiger partial charge in [-0.25, -0.2) is 4.39 Å². The van der Waals surface area contributed by atoms with Gasteiger partial charge < -0.3 is 0 Å². The highest BCUT2D eigenvalue weighted by Gasteiger charge is 2.15. The lowest BCUT2D eigenvalue weighted by Crippen LogP contribution is -2.12. The summed E-state index contributed by atoms with van der Waals surface area (Å²) in [6, 6.07) is 12.6. The van der Waals surface area contributed by atoms with Crippen molar-refractivity contribution in [3.8, 4) is 0 Å². The van der Waals surface area contributed by atoms with Gasteiger partial charge in [-0.05, 0) is 36.4 Å². The number of benzene rings is 2. The highest BCUT2D eigenvalue weighted by atomic mass is 79.9. The third-order valence-electron chi connectivity index (χ3n) is 2.51. The summed E-state index contributed by atoms with van der Waals surface area (Å²) >= 11 is 3.28. The smallest absolute Gasteiger partial charge is 0.178 e. The first kappa shape index (κ1) is 14.1. The highest BCUT2D eigenvalue weighted by molar-refractivity contribution is 9.10. The second-order valence-corrected chi connectivity index (χ2v) is 6.21. The molecule has 0 fully saturated rings. The monoisotopic (exact) mass is 340 g/mol. The van der Waals surface area contributed by atoms with Crippen molar-refractivity contribution >= 4 is 32.5 Å². The molecule has 0 aromatic heterocycles. The molecule has 1 unspecified atom stereocenters. The van der Waals surface area contributed by atoms with E-state index in [-0.39, 0.29) is 11.3 Å². The zero-order chi connectivity index (χ0) is 13.8. The van der Waals surface area contributed by atoms with Crippen molar-refractivity contribution in [3.05, 3.63) is 64.4 Å². The standard InChI is InChI=1S/C14H10BrFO2S/c15-10-5-7-11(8-6-10)19(18)9-14(17)12-3-1-2-4-13(12)16/h1-8H,9H2. The van der Waals surface area contributed by atoms with E-state index >= 15 is 0 Å². The Morgan fingerprint density at radius 1 is 1.11 bits per heavy atom. The van der Waals surface area contributed by atoms with Crippen LogP contribution in [0.3, 0.4) is 0 Å². The molecular formula is C14H10BrFO2S. The normalized spacial score (nSPS) is 12.1. The molecule has 0 saturated carbocycles. The van der Waals surface area contributed by atoms with Crippen LogP contribution in [-0.2, 0) is 10.8 Å². The summed E-state index contributed by atoms with van der Waals surface area (Å²) in [7, 11) is -1.47. The van der Waals surface area contributed by atoms with E-state index in [1.807, 2.05) is 0 Å². The van der Waals surface area contributed by atoms with Crippen molar-refractivity contribution in [3.63, 3.8) is 0 Å². The van der Waals surface area contributed by atoms with E-state index in [0.717, 1.165) is 4.47 Å². The average Bonchev–Trinajstić information content (AvgIpc) is 2.39. The molecule has 98 valence electrons. The molecule has 5 heteroatoms. The quantitative estimate of drug-likeness (QED) is 0.797. The van der Waals surface area contributed by atoms with E-state index in [1.54, 1.807) is 30.3 Å². The third-order valence-corrected chi connectivity index (χ3v) is 4.36. The summed E-state index contributed by atoms with van der Waals surface area (Å²) in [5.74, 6) is -1.26. The minimum absolute atomic E-state index is 0.0204. The molecular weight excluding hydrogens is 331 g/mol. The minimum Gasteiger partial charge on any atom is -0.293 e. The summed E-state index contributed by atoms with van der Waals surface area (Å²) < 4.78 is 26.3. The molecule has 1 atom stereocenters. The van der Waals surface area contributed by atoms with Crippen molar-refractivity contribution in [2.75, 3.05) is 5.75 Å². The average molecular weight is 341 g/mol. The van der Waals surface area contributed by atoms with Crippen LogP contribution >= 0.6 is 15.9 Å². The first-order chi connectivity index (χ1) is 9.08. The van der Waals surface area contributed by atoms with Gasteiger partial charge >= 0.3 is 0 Å². The predicted molar refractivity (Wildman–Crippen MR) is 76.1 cm³/mol. The molecule has 0 saturated heterocycles. The fourth-order valence-corrected chi connectivity index (χ4v) is 2.82. The van der Waals surface area contributed by atoms with Gasteiger partial charge in [0.05, 0.1) is 22.1 Å². The highest BCUT2D eigenvalue weighted by Crippen LogP contribution is 2.15. The van der Waals surface area contributed by atoms with E-state index in [2.05, 4.69) is 15.9 Å². The number of carbonyl (C=O) groups excluding carboxylic acids is 1. The van der Waals surface area contributed by atoms with Crippen LogP contribution in [0.4, 0.5) is 4.39 Å². The Morgan fingerprint density at radius 2 is 1.74 bits per heavy atom.